The first-order valence-electron chi connectivity index (χ1n) is 6.49. The van der Waals surface area contributed by atoms with Crippen LogP contribution in [0, 0.1) is 5.82 Å². The molecule has 0 spiro atoms. The molecule has 1 fully saturated rings. The Kier molecular flexibility index (Phi) is 4.19. The number of anilines is 1. The Hall–Kier alpha value is -1.13. The van der Waals surface area contributed by atoms with Crippen molar-refractivity contribution in [2.45, 2.75) is 32.4 Å². The Morgan fingerprint density at radius 1 is 1.50 bits per heavy atom. The number of rotatable bonds is 2. The molecule has 1 unspecified atom stereocenters. The standard InChI is InChI=1S/C14H21FN2O/c1-10-9-17(6-3-7-18-10)14-5-4-12(11(2)16)8-13(14)15/h4-5,8,10-11H,3,6-7,9,16H2,1-2H3/t10?,11-/m0/s1. The van der Waals surface area contributed by atoms with E-state index >= 15 is 0 Å². The third kappa shape index (κ3) is 3.00. The van der Waals surface area contributed by atoms with Gasteiger partial charge in [0, 0.05) is 25.7 Å². The van der Waals surface area contributed by atoms with Gasteiger partial charge in [0.15, 0.2) is 0 Å². The van der Waals surface area contributed by atoms with Crippen LogP contribution in [0.4, 0.5) is 10.1 Å². The molecule has 3 nitrogen and oxygen atoms in total. The van der Waals surface area contributed by atoms with Crippen molar-refractivity contribution in [2.75, 3.05) is 24.6 Å². The van der Waals surface area contributed by atoms with Crippen LogP contribution in [0.25, 0.3) is 0 Å². The van der Waals surface area contributed by atoms with Gasteiger partial charge in [-0.3, -0.25) is 0 Å². The number of hydrogen-bond donors (Lipinski definition) is 1. The van der Waals surface area contributed by atoms with Crippen LogP contribution in [0.1, 0.15) is 31.9 Å². The quantitative estimate of drug-likeness (QED) is 0.878. The van der Waals surface area contributed by atoms with Gasteiger partial charge in [0.2, 0.25) is 0 Å². The summed E-state index contributed by atoms with van der Waals surface area (Å²) in [5.74, 6) is -0.195. The topological polar surface area (TPSA) is 38.5 Å². The summed E-state index contributed by atoms with van der Waals surface area (Å²) in [6, 6.07) is 5.13. The van der Waals surface area contributed by atoms with E-state index in [2.05, 4.69) is 4.90 Å². The van der Waals surface area contributed by atoms with Gasteiger partial charge in [0.05, 0.1) is 11.8 Å². The second kappa shape index (κ2) is 5.67. The molecule has 0 aromatic heterocycles. The first-order valence-corrected chi connectivity index (χ1v) is 6.49. The Labute approximate surface area is 108 Å². The molecule has 100 valence electrons. The minimum atomic E-state index is -0.195. The van der Waals surface area contributed by atoms with Crippen LogP contribution < -0.4 is 10.6 Å². The number of hydrogen-bond acceptors (Lipinski definition) is 3. The van der Waals surface area contributed by atoms with E-state index in [1.165, 1.54) is 6.07 Å². The molecule has 1 saturated heterocycles. The van der Waals surface area contributed by atoms with Crippen LogP contribution in [0.3, 0.4) is 0 Å². The van der Waals surface area contributed by atoms with Gasteiger partial charge in [-0.25, -0.2) is 4.39 Å². The smallest absolute Gasteiger partial charge is 0.146 e. The van der Waals surface area contributed by atoms with Crippen molar-refractivity contribution in [1.29, 1.82) is 0 Å². The van der Waals surface area contributed by atoms with Crippen molar-refractivity contribution in [1.82, 2.24) is 0 Å². The molecule has 2 atom stereocenters. The van der Waals surface area contributed by atoms with Crippen LogP contribution in [0.2, 0.25) is 0 Å². The lowest BCUT2D eigenvalue weighted by Gasteiger charge is -2.25. The highest BCUT2D eigenvalue weighted by atomic mass is 19.1. The minimum Gasteiger partial charge on any atom is -0.377 e. The van der Waals surface area contributed by atoms with Crippen molar-refractivity contribution >= 4 is 5.69 Å². The molecular weight excluding hydrogens is 231 g/mol. The lowest BCUT2D eigenvalue weighted by atomic mass is 10.1. The van der Waals surface area contributed by atoms with Gasteiger partial charge in [-0.1, -0.05) is 6.07 Å². The fourth-order valence-electron chi connectivity index (χ4n) is 2.28. The lowest BCUT2D eigenvalue weighted by Crippen LogP contribution is -2.30. The molecular formula is C14H21FN2O. The molecule has 1 heterocycles. The van der Waals surface area contributed by atoms with Crippen molar-refractivity contribution in [3.05, 3.63) is 29.6 Å². The number of ether oxygens (including phenoxy) is 1. The first-order chi connectivity index (χ1) is 8.58. The first kappa shape index (κ1) is 13.3. The minimum absolute atomic E-state index is 0.139. The summed E-state index contributed by atoms with van der Waals surface area (Å²) in [7, 11) is 0. The zero-order chi connectivity index (χ0) is 13.1. The highest BCUT2D eigenvalue weighted by Gasteiger charge is 2.18. The highest BCUT2D eigenvalue weighted by Crippen LogP contribution is 2.24. The van der Waals surface area contributed by atoms with Crippen molar-refractivity contribution in [3.8, 4) is 0 Å². The summed E-state index contributed by atoms with van der Waals surface area (Å²) >= 11 is 0. The maximum atomic E-state index is 14.1. The molecule has 4 heteroatoms. The summed E-state index contributed by atoms with van der Waals surface area (Å²) in [6.07, 6.45) is 1.07. The van der Waals surface area contributed by atoms with E-state index in [1.807, 2.05) is 26.0 Å². The molecule has 1 aliphatic rings. The highest BCUT2D eigenvalue weighted by molar-refractivity contribution is 5.49. The van der Waals surface area contributed by atoms with Crippen LogP contribution >= 0.6 is 0 Å². The fraction of sp³-hybridized carbons (Fsp3) is 0.571. The van der Waals surface area contributed by atoms with E-state index in [0.29, 0.717) is 5.69 Å². The van der Waals surface area contributed by atoms with E-state index < -0.39 is 0 Å². The van der Waals surface area contributed by atoms with Crippen LogP contribution in [0.5, 0.6) is 0 Å². The molecule has 18 heavy (non-hydrogen) atoms. The third-order valence-corrected chi connectivity index (χ3v) is 3.29. The zero-order valence-corrected chi connectivity index (χ0v) is 11.0. The Bertz CT molecular complexity index is 409. The molecule has 0 bridgehead atoms. The Balaban J connectivity index is 2.21. The van der Waals surface area contributed by atoms with Crippen molar-refractivity contribution < 1.29 is 9.13 Å². The zero-order valence-electron chi connectivity index (χ0n) is 11.0. The predicted molar refractivity (Wildman–Crippen MR) is 71.2 cm³/mol. The average molecular weight is 252 g/mol. The number of benzene rings is 1. The Morgan fingerprint density at radius 2 is 2.28 bits per heavy atom. The molecule has 0 saturated carbocycles. The summed E-state index contributed by atoms with van der Waals surface area (Å²) in [5.41, 5.74) is 7.24. The van der Waals surface area contributed by atoms with Gasteiger partial charge < -0.3 is 15.4 Å². The lowest BCUT2D eigenvalue weighted by molar-refractivity contribution is 0.0820. The number of halogens is 1. The van der Waals surface area contributed by atoms with Crippen molar-refractivity contribution in [2.24, 2.45) is 5.73 Å². The molecule has 2 rings (SSSR count). The summed E-state index contributed by atoms with van der Waals surface area (Å²) < 4.78 is 19.7. The third-order valence-electron chi connectivity index (χ3n) is 3.29. The second-order valence-corrected chi connectivity index (χ2v) is 4.98. The normalized spacial score (nSPS) is 22.7. The van der Waals surface area contributed by atoms with Gasteiger partial charge in [0.1, 0.15) is 5.82 Å². The molecule has 0 aliphatic carbocycles. The van der Waals surface area contributed by atoms with Gasteiger partial charge in [-0.15, -0.1) is 0 Å². The van der Waals surface area contributed by atoms with Gasteiger partial charge >= 0.3 is 0 Å². The average Bonchev–Trinajstić information content (AvgIpc) is 2.53. The van der Waals surface area contributed by atoms with Gasteiger partial charge in [-0.2, -0.15) is 0 Å². The SMILES string of the molecule is CC1CN(c2ccc([C@H](C)N)cc2F)CCCO1. The largest absolute Gasteiger partial charge is 0.377 e. The summed E-state index contributed by atoms with van der Waals surface area (Å²) in [5, 5.41) is 0. The summed E-state index contributed by atoms with van der Waals surface area (Å²) in [4.78, 5) is 2.05. The van der Waals surface area contributed by atoms with E-state index in [4.69, 9.17) is 10.5 Å². The summed E-state index contributed by atoms with van der Waals surface area (Å²) in [6.45, 7) is 6.19. The van der Waals surface area contributed by atoms with Crippen LogP contribution in [-0.4, -0.2) is 25.8 Å². The van der Waals surface area contributed by atoms with E-state index in [9.17, 15) is 4.39 Å². The molecule has 0 radical (unpaired) electrons. The van der Waals surface area contributed by atoms with Gasteiger partial charge in [0.25, 0.3) is 0 Å². The van der Waals surface area contributed by atoms with Crippen molar-refractivity contribution in [3.63, 3.8) is 0 Å². The maximum Gasteiger partial charge on any atom is 0.146 e. The monoisotopic (exact) mass is 252 g/mol. The predicted octanol–water partition coefficient (Wildman–Crippen LogP) is 2.46. The molecule has 1 aromatic carbocycles. The van der Waals surface area contributed by atoms with E-state index in [1.54, 1.807) is 0 Å². The maximum absolute atomic E-state index is 14.1. The van der Waals surface area contributed by atoms with E-state index in [-0.39, 0.29) is 18.0 Å². The van der Waals surface area contributed by atoms with E-state index in [0.717, 1.165) is 31.7 Å². The fourth-order valence-corrected chi connectivity index (χ4v) is 2.28. The van der Waals surface area contributed by atoms with Gasteiger partial charge in [-0.05, 0) is 38.0 Å². The molecule has 1 aliphatic heterocycles. The Morgan fingerprint density at radius 3 is 2.94 bits per heavy atom. The molecule has 0 amide bonds. The molecule has 1 aromatic rings. The second-order valence-electron chi connectivity index (χ2n) is 4.98. The van der Waals surface area contributed by atoms with Crippen LogP contribution in [0.15, 0.2) is 18.2 Å². The molecule has 2 N–H and O–H groups in total. The van der Waals surface area contributed by atoms with Crippen LogP contribution in [-0.2, 0) is 4.74 Å². The number of nitrogens with zero attached hydrogens (tertiary/aromatic N) is 1. The number of nitrogens with two attached hydrogens (primary N) is 1.